The second kappa shape index (κ2) is 6.51. The summed E-state index contributed by atoms with van der Waals surface area (Å²) in [5, 5.41) is 13.7. The quantitative estimate of drug-likeness (QED) is 0.652. The van der Waals surface area contributed by atoms with E-state index < -0.39 is 10.8 Å². The normalized spacial score (nSPS) is 21.8. The van der Waals surface area contributed by atoms with E-state index in [2.05, 4.69) is 17.2 Å². The van der Waals surface area contributed by atoms with Gasteiger partial charge in [-0.15, -0.1) is 0 Å². The van der Waals surface area contributed by atoms with Crippen molar-refractivity contribution < 1.29 is 9.72 Å². The summed E-state index contributed by atoms with van der Waals surface area (Å²) >= 11 is 0. The lowest BCUT2D eigenvalue weighted by Gasteiger charge is -2.26. The minimum atomic E-state index is -0.621. The average molecular weight is 292 g/mol. The Morgan fingerprint density at radius 2 is 2.33 bits per heavy atom. The van der Waals surface area contributed by atoms with Gasteiger partial charge in [-0.25, -0.2) is 4.98 Å². The van der Waals surface area contributed by atoms with Crippen molar-refractivity contribution >= 4 is 17.4 Å². The number of nitrogens with two attached hydrogens (primary N) is 1. The molecule has 0 aliphatic heterocycles. The summed E-state index contributed by atoms with van der Waals surface area (Å²) in [5.74, 6) is 0.744. The molecule has 1 amide bonds. The smallest absolute Gasteiger partial charge is 0.300 e. The molecule has 1 aromatic rings. The molecule has 2 unspecified atom stereocenters. The standard InChI is InChI=1S/C14H20N4O3/c1-9-3-2-4-10(5-9)7-17-14(19)11-6-13(15)16-8-12(11)18(20)21/h6,8-10H,2-5,7H2,1H3,(H2,15,16)(H,17,19). The fraction of sp³-hybridized carbons (Fsp3) is 0.571. The van der Waals surface area contributed by atoms with Crippen LogP contribution in [0, 0.1) is 22.0 Å². The maximum Gasteiger partial charge on any atom is 0.300 e. The van der Waals surface area contributed by atoms with Gasteiger partial charge in [-0.05, 0) is 30.7 Å². The second-order valence-electron chi connectivity index (χ2n) is 5.73. The molecule has 1 fully saturated rings. The number of nitrogens with one attached hydrogen (secondary N) is 1. The first kappa shape index (κ1) is 15.2. The van der Waals surface area contributed by atoms with Gasteiger partial charge in [0.05, 0.1) is 4.92 Å². The third-order valence-corrected chi connectivity index (χ3v) is 3.94. The summed E-state index contributed by atoms with van der Waals surface area (Å²) in [5.41, 5.74) is 5.16. The lowest BCUT2D eigenvalue weighted by atomic mass is 9.82. The third-order valence-electron chi connectivity index (χ3n) is 3.94. The minimum Gasteiger partial charge on any atom is -0.384 e. The van der Waals surface area contributed by atoms with Crippen molar-refractivity contribution in [3.8, 4) is 0 Å². The van der Waals surface area contributed by atoms with Crippen LogP contribution < -0.4 is 11.1 Å². The van der Waals surface area contributed by atoms with Crippen LogP contribution in [-0.2, 0) is 0 Å². The Kier molecular flexibility index (Phi) is 4.72. The van der Waals surface area contributed by atoms with Crippen LogP contribution in [0.2, 0.25) is 0 Å². The average Bonchev–Trinajstić information content (AvgIpc) is 2.44. The molecule has 1 aliphatic carbocycles. The van der Waals surface area contributed by atoms with Gasteiger partial charge in [0, 0.05) is 6.54 Å². The Morgan fingerprint density at radius 3 is 3.00 bits per heavy atom. The lowest BCUT2D eigenvalue weighted by Crippen LogP contribution is -2.32. The van der Waals surface area contributed by atoms with Gasteiger partial charge in [0.1, 0.15) is 17.6 Å². The molecule has 114 valence electrons. The summed E-state index contributed by atoms with van der Waals surface area (Å²) in [6.45, 7) is 2.75. The lowest BCUT2D eigenvalue weighted by molar-refractivity contribution is -0.385. The summed E-state index contributed by atoms with van der Waals surface area (Å²) in [6.07, 6.45) is 5.60. The van der Waals surface area contributed by atoms with Crippen LogP contribution in [0.5, 0.6) is 0 Å². The molecule has 0 saturated heterocycles. The van der Waals surface area contributed by atoms with Crippen LogP contribution in [0.15, 0.2) is 12.3 Å². The van der Waals surface area contributed by atoms with E-state index in [0.717, 1.165) is 19.0 Å². The largest absolute Gasteiger partial charge is 0.384 e. The molecule has 7 nitrogen and oxygen atoms in total. The van der Waals surface area contributed by atoms with Crippen molar-refractivity contribution in [3.63, 3.8) is 0 Å². The molecule has 0 bridgehead atoms. The van der Waals surface area contributed by atoms with Gasteiger partial charge >= 0.3 is 0 Å². The van der Waals surface area contributed by atoms with Crippen LogP contribution in [0.1, 0.15) is 43.0 Å². The van der Waals surface area contributed by atoms with Crippen molar-refractivity contribution in [2.24, 2.45) is 11.8 Å². The molecule has 3 N–H and O–H groups in total. The van der Waals surface area contributed by atoms with Crippen LogP contribution in [0.4, 0.5) is 11.5 Å². The van der Waals surface area contributed by atoms with E-state index in [9.17, 15) is 14.9 Å². The molecule has 1 aliphatic rings. The predicted octanol–water partition coefficient (Wildman–Crippen LogP) is 2.13. The highest BCUT2D eigenvalue weighted by Gasteiger charge is 2.23. The van der Waals surface area contributed by atoms with Gasteiger partial charge in [0.25, 0.3) is 11.6 Å². The molecule has 0 radical (unpaired) electrons. The minimum absolute atomic E-state index is 0.0312. The first-order chi connectivity index (χ1) is 9.97. The summed E-state index contributed by atoms with van der Waals surface area (Å²) in [7, 11) is 0. The molecular weight excluding hydrogens is 272 g/mol. The number of nitrogens with zero attached hydrogens (tertiary/aromatic N) is 2. The molecule has 2 rings (SSSR count). The van der Waals surface area contributed by atoms with E-state index >= 15 is 0 Å². The van der Waals surface area contributed by atoms with Crippen LogP contribution in [0.25, 0.3) is 0 Å². The Balaban J connectivity index is 2.03. The number of hydrogen-bond acceptors (Lipinski definition) is 5. The fourth-order valence-corrected chi connectivity index (χ4v) is 2.87. The molecule has 2 atom stereocenters. The number of carbonyl (C=O) groups is 1. The zero-order valence-electron chi connectivity index (χ0n) is 12.0. The zero-order valence-corrected chi connectivity index (χ0v) is 12.0. The van der Waals surface area contributed by atoms with Gasteiger partial charge in [-0.1, -0.05) is 19.8 Å². The fourth-order valence-electron chi connectivity index (χ4n) is 2.87. The number of nitrogen functional groups attached to an aromatic ring is 1. The molecule has 0 spiro atoms. The highest BCUT2D eigenvalue weighted by molar-refractivity contribution is 5.98. The Bertz CT molecular complexity index is 547. The number of rotatable bonds is 4. The summed E-state index contributed by atoms with van der Waals surface area (Å²) < 4.78 is 0. The summed E-state index contributed by atoms with van der Waals surface area (Å²) in [6, 6.07) is 1.25. The van der Waals surface area contributed by atoms with Crippen molar-refractivity contribution in [2.45, 2.75) is 32.6 Å². The number of hydrogen-bond donors (Lipinski definition) is 2. The highest BCUT2D eigenvalue weighted by Crippen LogP contribution is 2.28. The van der Waals surface area contributed by atoms with Gasteiger partial charge in [-0.2, -0.15) is 0 Å². The molecule has 21 heavy (non-hydrogen) atoms. The Morgan fingerprint density at radius 1 is 1.57 bits per heavy atom. The number of anilines is 1. The Hall–Kier alpha value is -2.18. The van der Waals surface area contributed by atoms with E-state index in [4.69, 9.17) is 5.73 Å². The Labute approximate surface area is 123 Å². The van der Waals surface area contributed by atoms with Crippen molar-refractivity contribution in [3.05, 3.63) is 27.9 Å². The van der Waals surface area contributed by atoms with E-state index in [0.29, 0.717) is 18.4 Å². The maximum atomic E-state index is 12.1. The van der Waals surface area contributed by atoms with Crippen molar-refractivity contribution in [2.75, 3.05) is 12.3 Å². The number of pyridine rings is 1. The second-order valence-corrected chi connectivity index (χ2v) is 5.73. The van der Waals surface area contributed by atoms with Crippen LogP contribution in [0.3, 0.4) is 0 Å². The van der Waals surface area contributed by atoms with E-state index in [-0.39, 0.29) is 17.1 Å². The molecular formula is C14H20N4O3. The topological polar surface area (TPSA) is 111 Å². The maximum absolute atomic E-state index is 12.1. The number of amides is 1. The monoisotopic (exact) mass is 292 g/mol. The number of carbonyl (C=O) groups excluding carboxylic acids is 1. The van der Waals surface area contributed by atoms with Gasteiger partial charge in [0.2, 0.25) is 0 Å². The first-order valence-corrected chi connectivity index (χ1v) is 7.15. The van der Waals surface area contributed by atoms with Crippen LogP contribution in [-0.4, -0.2) is 22.4 Å². The zero-order chi connectivity index (χ0) is 15.4. The van der Waals surface area contributed by atoms with E-state index in [1.54, 1.807) is 0 Å². The SMILES string of the molecule is CC1CCCC(CNC(=O)c2cc(N)ncc2[N+](=O)[O-])C1. The first-order valence-electron chi connectivity index (χ1n) is 7.15. The molecule has 7 heteroatoms. The molecule has 0 aromatic carbocycles. The molecule has 1 saturated carbocycles. The van der Waals surface area contributed by atoms with E-state index in [1.165, 1.54) is 18.9 Å². The van der Waals surface area contributed by atoms with Gasteiger partial charge < -0.3 is 11.1 Å². The van der Waals surface area contributed by atoms with Gasteiger partial charge in [0.15, 0.2) is 0 Å². The number of nitro groups is 1. The summed E-state index contributed by atoms with van der Waals surface area (Å²) in [4.78, 5) is 26.1. The molecule has 1 heterocycles. The highest BCUT2D eigenvalue weighted by atomic mass is 16.6. The van der Waals surface area contributed by atoms with Crippen LogP contribution >= 0.6 is 0 Å². The molecule has 1 aromatic heterocycles. The van der Waals surface area contributed by atoms with Crippen molar-refractivity contribution in [1.29, 1.82) is 0 Å². The predicted molar refractivity (Wildman–Crippen MR) is 78.8 cm³/mol. The van der Waals surface area contributed by atoms with Crippen molar-refractivity contribution in [1.82, 2.24) is 10.3 Å². The number of aromatic nitrogens is 1. The van der Waals surface area contributed by atoms with Gasteiger partial charge in [-0.3, -0.25) is 14.9 Å². The third kappa shape index (κ3) is 3.90. The van der Waals surface area contributed by atoms with E-state index in [1.807, 2.05) is 0 Å².